The molecule has 1 fully saturated rings. The molecular formula is C14H13ClN2O. The van der Waals surface area contributed by atoms with Crippen LogP contribution in [-0.2, 0) is 5.41 Å². The number of nitrogens with zero attached hydrogens (tertiary/aromatic N) is 2. The summed E-state index contributed by atoms with van der Waals surface area (Å²) < 4.78 is 0. The predicted molar refractivity (Wildman–Crippen MR) is 70.5 cm³/mol. The molecule has 0 amide bonds. The van der Waals surface area contributed by atoms with Gasteiger partial charge < -0.3 is 5.11 Å². The van der Waals surface area contributed by atoms with Crippen LogP contribution >= 0.6 is 11.6 Å². The Hall–Kier alpha value is -1.45. The Morgan fingerprint density at radius 1 is 1.17 bits per heavy atom. The normalized spacial score (nSPS) is 16.6. The second-order valence-corrected chi connectivity index (χ2v) is 5.15. The molecule has 2 aromatic rings. The fourth-order valence-electron chi connectivity index (χ4n) is 2.00. The van der Waals surface area contributed by atoms with E-state index < -0.39 is 0 Å². The summed E-state index contributed by atoms with van der Waals surface area (Å²) in [4.78, 5) is 8.85. The van der Waals surface area contributed by atoms with Gasteiger partial charge in [-0.2, -0.15) is 0 Å². The molecule has 0 saturated heterocycles. The first-order valence-electron chi connectivity index (χ1n) is 5.94. The van der Waals surface area contributed by atoms with Crippen molar-refractivity contribution in [3.05, 3.63) is 47.4 Å². The third kappa shape index (κ3) is 2.00. The third-order valence-electron chi connectivity index (χ3n) is 3.43. The van der Waals surface area contributed by atoms with Crippen LogP contribution in [0.25, 0.3) is 11.3 Å². The molecule has 18 heavy (non-hydrogen) atoms. The Morgan fingerprint density at radius 2 is 1.89 bits per heavy atom. The van der Waals surface area contributed by atoms with Gasteiger partial charge in [-0.1, -0.05) is 23.7 Å². The second-order valence-electron chi connectivity index (χ2n) is 4.71. The Balaban J connectivity index is 1.98. The smallest absolute Gasteiger partial charge is 0.137 e. The number of aliphatic hydroxyl groups is 1. The number of rotatable bonds is 3. The van der Waals surface area contributed by atoms with Gasteiger partial charge in [0, 0.05) is 16.8 Å². The van der Waals surface area contributed by atoms with Gasteiger partial charge in [-0.05, 0) is 31.0 Å². The zero-order chi connectivity index (χ0) is 12.6. The highest BCUT2D eigenvalue weighted by atomic mass is 35.5. The summed E-state index contributed by atoms with van der Waals surface area (Å²) >= 11 is 5.87. The summed E-state index contributed by atoms with van der Waals surface area (Å²) in [7, 11) is 0. The molecular weight excluding hydrogens is 248 g/mol. The zero-order valence-corrected chi connectivity index (χ0v) is 10.6. The lowest BCUT2D eigenvalue weighted by Crippen LogP contribution is -2.16. The standard InChI is InChI=1S/C14H13ClN2O/c15-11-3-1-10(2-4-11)12-5-8-16-13(17-12)14(9-18)6-7-14/h1-5,8,18H,6-7,9H2. The van der Waals surface area contributed by atoms with E-state index in [1.807, 2.05) is 30.3 Å². The molecule has 0 aliphatic heterocycles. The summed E-state index contributed by atoms with van der Waals surface area (Å²) in [6.45, 7) is 0.122. The number of aliphatic hydroxyl groups excluding tert-OH is 1. The first-order valence-corrected chi connectivity index (χ1v) is 6.32. The predicted octanol–water partition coefficient (Wildman–Crippen LogP) is 2.82. The van der Waals surface area contributed by atoms with E-state index in [0.29, 0.717) is 5.02 Å². The molecule has 0 bridgehead atoms. The lowest BCUT2D eigenvalue weighted by molar-refractivity contribution is 0.250. The maximum absolute atomic E-state index is 9.41. The van der Waals surface area contributed by atoms with Gasteiger partial charge in [0.2, 0.25) is 0 Å². The van der Waals surface area contributed by atoms with E-state index in [1.165, 1.54) is 0 Å². The lowest BCUT2D eigenvalue weighted by Gasteiger charge is -2.11. The van der Waals surface area contributed by atoms with Crippen LogP contribution in [0.4, 0.5) is 0 Å². The van der Waals surface area contributed by atoms with Gasteiger partial charge in [0.15, 0.2) is 0 Å². The summed E-state index contributed by atoms with van der Waals surface area (Å²) in [6, 6.07) is 9.44. The van der Waals surface area contributed by atoms with E-state index in [0.717, 1.165) is 29.9 Å². The van der Waals surface area contributed by atoms with Crippen LogP contribution in [0.3, 0.4) is 0 Å². The fraction of sp³-hybridized carbons (Fsp3) is 0.286. The molecule has 0 atom stereocenters. The van der Waals surface area contributed by atoms with Crippen LogP contribution in [0.1, 0.15) is 18.7 Å². The minimum absolute atomic E-state index is 0.122. The van der Waals surface area contributed by atoms with E-state index in [-0.39, 0.29) is 12.0 Å². The minimum Gasteiger partial charge on any atom is -0.395 e. The molecule has 1 aliphatic rings. The second kappa shape index (κ2) is 4.34. The van der Waals surface area contributed by atoms with Crippen molar-refractivity contribution >= 4 is 11.6 Å². The van der Waals surface area contributed by atoms with Gasteiger partial charge in [0.05, 0.1) is 17.7 Å². The number of halogens is 1. The van der Waals surface area contributed by atoms with Crippen LogP contribution in [-0.4, -0.2) is 21.7 Å². The van der Waals surface area contributed by atoms with Gasteiger partial charge in [-0.15, -0.1) is 0 Å². The third-order valence-corrected chi connectivity index (χ3v) is 3.68. The van der Waals surface area contributed by atoms with E-state index in [9.17, 15) is 5.11 Å². The molecule has 1 saturated carbocycles. The fourth-order valence-corrected chi connectivity index (χ4v) is 2.12. The van der Waals surface area contributed by atoms with Crippen molar-refractivity contribution in [2.24, 2.45) is 0 Å². The van der Waals surface area contributed by atoms with E-state index in [4.69, 9.17) is 11.6 Å². The largest absolute Gasteiger partial charge is 0.395 e. The van der Waals surface area contributed by atoms with Crippen molar-refractivity contribution in [2.45, 2.75) is 18.3 Å². The van der Waals surface area contributed by atoms with Crippen molar-refractivity contribution < 1.29 is 5.11 Å². The average molecular weight is 261 g/mol. The highest BCUT2D eigenvalue weighted by Gasteiger charge is 2.46. The summed E-state index contributed by atoms with van der Waals surface area (Å²) in [5, 5.41) is 10.1. The van der Waals surface area contributed by atoms with Crippen LogP contribution in [0.5, 0.6) is 0 Å². The average Bonchev–Trinajstić information content (AvgIpc) is 3.21. The van der Waals surface area contributed by atoms with Crippen molar-refractivity contribution in [2.75, 3.05) is 6.61 Å². The van der Waals surface area contributed by atoms with Gasteiger partial charge in [0.25, 0.3) is 0 Å². The SMILES string of the molecule is OCC1(c2nccc(-c3ccc(Cl)cc3)n2)CC1. The van der Waals surface area contributed by atoms with Crippen LogP contribution < -0.4 is 0 Å². The molecule has 4 heteroatoms. The quantitative estimate of drug-likeness (QED) is 0.923. The zero-order valence-electron chi connectivity index (χ0n) is 9.81. The topological polar surface area (TPSA) is 46.0 Å². The molecule has 0 unspecified atom stereocenters. The van der Waals surface area contributed by atoms with Crippen LogP contribution in [0.2, 0.25) is 5.02 Å². The van der Waals surface area contributed by atoms with Crippen LogP contribution in [0.15, 0.2) is 36.5 Å². The van der Waals surface area contributed by atoms with E-state index >= 15 is 0 Å². The minimum atomic E-state index is -0.192. The summed E-state index contributed by atoms with van der Waals surface area (Å²) in [5.74, 6) is 0.748. The molecule has 1 N–H and O–H groups in total. The van der Waals surface area contributed by atoms with E-state index in [1.54, 1.807) is 6.20 Å². The lowest BCUT2D eigenvalue weighted by atomic mass is 10.1. The highest BCUT2D eigenvalue weighted by Crippen LogP contribution is 2.46. The Kier molecular flexibility index (Phi) is 2.80. The van der Waals surface area contributed by atoms with Crippen molar-refractivity contribution in [1.82, 2.24) is 9.97 Å². The molecule has 1 heterocycles. The molecule has 1 aromatic carbocycles. The van der Waals surface area contributed by atoms with Gasteiger partial charge in [-0.3, -0.25) is 0 Å². The van der Waals surface area contributed by atoms with Crippen molar-refractivity contribution in [3.8, 4) is 11.3 Å². The maximum atomic E-state index is 9.41. The van der Waals surface area contributed by atoms with E-state index in [2.05, 4.69) is 9.97 Å². The first kappa shape index (κ1) is 11.6. The first-order chi connectivity index (χ1) is 8.73. The summed E-state index contributed by atoms with van der Waals surface area (Å²) in [5.41, 5.74) is 1.69. The Morgan fingerprint density at radius 3 is 2.50 bits per heavy atom. The summed E-state index contributed by atoms with van der Waals surface area (Å²) in [6.07, 6.45) is 3.68. The monoisotopic (exact) mass is 260 g/mol. The van der Waals surface area contributed by atoms with Gasteiger partial charge in [-0.25, -0.2) is 9.97 Å². The highest BCUT2D eigenvalue weighted by molar-refractivity contribution is 6.30. The van der Waals surface area contributed by atoms with Gasteiger partial charge >= 0.3 is 0 Å². The molecule has 1 aromatic heterocycles. The number of hydrogen-bond acceptors (Lipinski definition) is 3. The van der Waals surface area contributed by atoms with Crippen molar-refractivity contribution in [1.29, 1.82) is 0 Å². The molecule has 0 radical (unpaired) electrons. The molecule has 3 nitrogen and oxygen atoms in total. The molecule has 0 spiro atoms. The number of benzene rings is 1. The Bertz CT molecular complexity index is 564. The van der Waals surface area contributed by atoms with Crippen molar-refractivity contribution in [3.63, 3.8) is 0 Å². The molecule has 1 aliphatic carbocycles. The van der Waals surface area contributed by atoms with Gasteiger partial charge in [0.1, 0.15) is 5.82 Å². The number of aromatic nitrogens is 2. The molecule has 92 valence electrons. The molecule has 3 rings (SSSR count). The Labute approximate surface area is 110 Å². The maximum Gasteiger partial charge on any atom is 0.137 e. The van der Waals surface area contributed by atoms with Crippen LogP contribution in [0, 0.1) is 0 Å². The number of hydrogen-bond donors (Lipinski definition) is 1.